The molecule has 0 aliphatic heterocycles. The molecule has 3 nitrogen and oxygen atoms in total. The van der Waals surface area contributed by atoms with Crippen molar-refractivity contribution in [3.05, 3.63) is 11.4 Å². The number of carbonyl (C=O) groups excluding carboxylic acids is 1. The molecule has 1 aliphatic carbocycles. The zero-order chi connectivity index (χ0) is 8.48. The molecule has 1 rings (SSSR count). The van der Waals surface area contributed by atoms with E-state index in [0.29, 0.717) is 13.0 Å². The summed E-state index contributed by atoms with van der Waals surface area (Å²) in [6.07, 6.45) is 0.662. The van der Waals surface area contributed by atoms with Crippen LogP contribution in [-0.4, -0.2) is 18.1 Å². The summed E-state index contributed by atoms with van der Waals surface area (Å²) >= 11 is 0. The minimum Gasteiger partial charge on any atom is -0.460 e. The Kier molecular flexibility index (Phi) is 1.86. The van der Waals surface area contributed by atoms with Crippen molar-refractivity contribution >= 4 is 5.97 Å². The Morgan fingerprint density at radius 1 is 1.91 bits per heavy atom. The van der Waals surface area contributed by atoms with Crippen LogP contribution >= 0.6 is 0 Å². The summed E-state index contributed by atoms with van der Waals surface area (Å²) < 4.78 is 4.78. The molecule has 0 N–H and O–H groups in total. The van der Waals surface area contributed by atoms with Gasteiger partial charge in [0.1, 0.15) is 0 Å². The zero-order valence-corrected chi connectivity index (χ0v) is 6.76. The van der Waals surface area contributed by atoms with Crippen LogP contribution < -0.4 is 0 Å². The number of rotatable bonds is 2. The van der Waals surface area contributed by atoms with E-state index in [2.05, 4.69) is 4.85 Å². The summed E-state index contributed by atoms with van der Waals surface area (Å²) in [6, 6.07) is 0. The molecule has 60 valence electrons. The van der Waals surface area contributed by atoms with Crippen molar-refractivity contribution in [3.8, 4) is 0 Å². The largest absolute Gasteiger partial charge is 0.460 e. The SMILES string of the molecule is [C-]#[N+][C@]1(C(=O)OCC)C[C@H]1C. The molecule has 1 fully saturated rings. The number of ether oxygens (including phenoxy) is 1. The molecular weight excluding hydrogens is 142 g/mol. The first kappa shape index (κ1) is 8.06. The minimum absolute atomic E-state index is 0.180. The normalized spacial score (nSPS) is 34.1. The Balaban J connectivity index is 2.60. The number of hydrogen-bond acceptors (Lipinski definition) is 2. The van der Waals surface area contributed by atoms with Crippen molar-refractivity contribution in [3.63, 3.8) is 0 Å². The topological polar surface area (TPSA) is 30.7 Å². The summed E-state index contributed by atoms with van der Waals surface area (Å²) in [5, 5.41) is 0. The van der Waals surface area contributed by atoms with E-state index in [9.17, 15) is 4.79 Å². The highest BCUT2D eigenvalue weighted by atomic mass is 16.5. The first-order valence-electron chi connectivity index (χ1n) is 3.73. The van der Waals surface area contributed by atoms with Gasteiger partial charge in [0.25, 0.3) is 0 Å². The second-order valence-corrected chi connectivity index (χ2v) is 2.86. The Labute approximate surface area is 66.2 Å². The van der Waals surface area contributed by atoms with Crippen molar-refractivity contribution < 1.29 is 9.53 Å². The molecule has 0 aromatic rings. The third-order valence-corrected chi connectivity index (χ3v) is 2.10. The number of carbonyl (C=O) groups is 1. The molecule has 3 heteroatoms. The molecular formula is C8H11NO2. The van der Waals surface area contributed by atoms with Crippen molar-refractivity contribution in [2.24, 2.45) is 5.92 Å². The van der Waals surface area contributed by atoms with Crippen molar-refractivity contribution in [2.45, 2.75) is 25.8 Å². The third-order valence-electron chi connectivity index (χ3n) is 2.10. The molecule has 0 unspecified atom stereocenters. The van der Waals surface area contributed by atoms with Crippen LogP contribution in [0.3, 0.4) is 0 Å². The third kappa shape index (κ3) is 1.09. The first-order valence-corrected chi connectivity index (χ1v) is 3.73. The van der Waals surface area contributed by atoms with Crippen LogP contribution in [0.25, 0.3) is 4.85 Å². The second kappa shape index (κ2) is 2.54. The lowest BCUT2D eigenvalue weighted by Gasteiger charge is -2.01. The molecule has 0 spiro atoms. The number of esters is 1. The summed E-state index contributed by atoms with van der Waals surface area (Å²) in [7, 11) is 0. The molecule has 0 aromatic carbocycles. The van der Waals surface area contributed by atoms with Gasteiger partial charge in [0, 0.05) is 6.42 Å². The maximum atomic E-state index is 11.1. The fourth-order valence-electron chi connectivity index (χ4n) is 1.15. The van der Waals surface area contributed by atoms with Gasteiger partial charge in [-0.25, -0.2) is 11.4 Å². The second-order valence-electron chi connectivity index (χ2n) is 2.86. The van der Waals surface area contributed by atoms with Crippen LogP contribution in [0.1, 0.15) is 20.3 Å². The average Bonchev–Trinajstić information content (AvgIpc) is 2.63. The Hall–Kier alpha value is -1.04. The van der Waals surface area contributed by atoms with E-state index in [4.69, 9.17) is 11.3 Å². The van der Waals surface area contributed by atoms with Gasteiger partial charge in [-0.15, -0.1) is 0 Å². The van der Waals surface area contributed by atoms with Gasteiger partial charge in [-0.2, -0.15) is 0 Å². The van der Waals surface area contributed by atoms with Gasteiger partial charge in [0.2, 0.25) is 0 Å². The fourth-order valence-corrected chi connectivity index (χ4v) is 1.15. The molecule has 1 aliphatic rings. The van der Waals surface area contributed by atoms with Crippen LogP contribution in [-0.2, 0) is 9.53 Å². The predicted octanol–water partition coefficient (Wildman–Crippen LogP) is 1.25. The van der Waals surface area contributed by atoms with Crippen LogP contribution in [0.15, 0.2) is 0 Å². The van der Waals surface area contributed by atoms with Gasteiger partial charge in [0.05, 0.1) is 12.5 Å². The Morgan fingerprint density at radius 2 is 2.45 bits per heavy atom. The molecule has 2 atom stereocenters. The standard InChI is InChI=1S/C8H11NO2/c1-4-11-7(10)8(9-3)5-6(8)2/h6H,4-5H2,1-2H3/t6-,8-/m1/s1. The highest BCUT2D eigenvalue weighted by Crippen LogP contribution is 2.47. The van der Waals surface area contributed by atoms with E-state index < -0.39 is 5.54 Å². The van der Waals surface area contributed by atoms with Gasteiger partial charge in [-0.05, 0) is 6.92 Å². The molecule has 11 heavy (non-hydrogen) atoms. The number of nitrogens with zero attached hydrogens (tertiary/aromatic N) is 1. The van der Waals surface area contributed by atoms with Crippen LogP contribution in [0, 0.1) is 12.5 Å². The van der Waals surface area contributed by atoms with E-state index >= 15 is 0 Å². The Bertz CT molecular complexity index is 219. The quantitative estimate of drug-likeness (QED) is 0.441. The molecule has 0 amide bonds. The summed E-state index contributed by atoms with van der Waals surface area (Å²) in [4.78, 5) is 14.4. The van der Waals surface area contributed by atoms with Gasteiger partial charge in [0.15, 0.2) is 0 Å². The van der Waals surface area contributed by atoms with Crippen molar-refractivity contribution in [2.75, 3.05) is 6.61 Å². The smallest absolute Gasteiger partial charge is 0.393 e. The summed E-state index contributed by atoms with van der Waals surface area (Å²) in [5.41, 5.74) is -0.810. The van der Waals surface area contributed by atoms with E-state index in [1.54, 1.807) is 6.92 Å². The minimum atomic E-state index is -0.810. The highest BCUT2D eigenvalue weighted by Gasteiger charge is 2.67. The highest BCUT2D eigenvalue weighted by molar-refractivity contribution is 5.87. The molecule has 1 saturated carbocycles. The lowest BCUT2D eigenvalue weighted by molar-refractivity contribution is -0.144. The molecule has 0 aromatic heterocycles. The van der Waals surface area contributed by atoms with Gasteiger partial charge in [-0.3, -0.25) is 4.85 Å². The van der Waals surface area contributed by atoms with Crippen LogP contribution in [0.4, 0.5) is 0 Å². The summed E-state index contributed by atoms with van der Waals surface area (Å²) in [6.45, 7) is 10.8. The predicted molar refractivity (Wildman–Crippen MR) is 39.7 cm³/mol. The van der Waals surface area contributed by atoms with Crippen LogP contribution in [0.2, 0.25) is 0 Å². The average molecular weight is 153 g/mol. The van der Waals surface area contributed by atoms with E-state index in [0.717, 1.165) is 0 Å². The molecule has 0 saturated heterocycles. The summed E-state index contributed by atoms with van der Waals surface area (Å²) in [5.74, 6) is -0.165. The van der Waals surface area contributed by atoms with E-state index in [1.807, 2.05) is 6.92 Å². The zero-order valence-electron chi connectivity index (χ0n) is 6.76. The Morgan fingerprint density at radius 3 is 2.73 bits per heavy atom. The molecule has 0 bridgehead atoms. The van der Waals surface area contributed by atoms with Crippen LogP contribution in [0.5, 0.6) is 0 Å². The lowest BCUT2D eigenvalue weighted by Crippen LogP contribution is -2.23. The molecule has 0 radical (unpaired) electrons. The fraction of sp³-hybridized carbons (Fsp3) is 0.750. The van der Waals surface area contributed by atoms with Gasteiger partial charge < -0.3 is 4.74 Å². The van der Waals surface area contributed by atoms with Crippen molar-refractivity contribution in [1.29, 1.82) is 0 Å². The maximum absolute atomic E-state index is 11.1. The molecule has 0 heterocycles. The van der Waals surface area contributed by atoms with Gasteiger partial charge in [-0.1, -0.05) is 6.92 Å². The van der Waals surface area contributed by atoms with Gasteiger partial charge >= 0.3 is 11.5 Å². The van der Waals surface area contributed by atoms with E-state index in [-0.39, 0.29) is 11.9 Å². The number of hydrogen-bond donors (Lipinski definition) is 0. The van der Waals surface area contributed by atoms with Crippen molar-refractivity contribution in [1.82, 2.24) is 0 Å². The monoisotopic (exact) mass is 153 g/mol. The first-order chi connectivity index (χ1) is 5.17. The van der Waals surface area contributed by atoms with E-state index in [1.165, 1.54) is 0 Å². The lowest BCUT2D eigenvalue weighted by atomic mass is 10.2. The maximum Gasteiger partial charge on any atom is 0.393 e.